The molecule has 0 atom stereocenters. The Kier molecular flexibility index (Phi) is 3.79. The molecule has 0 aliphatic rings. The van der Waals surface area contributed by atoms with Crippen molar-refractivity contribution in [3.63, 3.8) is 0 Å². The van der Waals surface area contributed by atoms with E-state index >= 15 is 0 Å². The van der Waals surface area contributed by atoms with Gasteiger partial charge in [-0.15, -0.1) is 11.3 Å². The molecule has 0 spiro atoms. The Bertz CT molecular complexity index is 820. The van der Waals surface area contributed by atoms with Crippen molar-refractivity contribution in [3.8, 4) is 0 Å². The summed E-state index contributed by atoms with van der Waals surface area (Å²) in [6.45, 7) is 2.00. The fourth-order valence-electron chi connectivity index (χ4n) is 1.96. The zero-order valence-corrected chi connectivity index (χ0v) is 14.6. The Morgan fingerprint density at radius 2 is 2.00 bits per heavy atom. The zero-order chi connectivity index (χ0) is 14.4. The molecule has 20 heavy (non-hydrogen) atoms. The molecule has 102 valence electrons. The number of hydrogen-bond donors (Lipinski definition) is 0. The van der Waals surface area contributed by atoms with Crippen molar-refractivity contribution in [1.29, 1.82) is 0 Å². The van der Waals surface area contributed by atoms with E-state index in [2.05, 4.69) is 27.7 Å². The molecule has 7 heteroatoms. The molecule has 0 aliphatic carbocycles. The third kappa shape index (κ3) is 2.26. The van der Waals surface area contributed by atoms with Crippen molar-refractivity contribution in [2.24, 2.45) is 0 Å². The largest absolute Gasteiger partial charge is 0.281 e. The number of rotatable bonds is 1. The zero-order valence-electron chi connectivity index (χ0n) is 10.2. The molecule has 3 rings (SSSR count). The van der Waals surface area contributed by atoms with E-state index in [1.807, 2.05) is 13.0 Å². The fourth-order valence-corrected chi connectivity index (χ4v) is 4.20. The highest BCUT2D eigenvalue weighted by Crippen LogP contribution is 2.31. The lowest BCUT2D eigenvalue weighted by atomic mass is 10.2. The Morgan fingerprint density at radius 3 is 2.65 bits per heavy atom. The molecule has 2 heterocycles. The summed E-state index contributed by atoms with van der Waals surface area (Å²) in [5.41, 5.74) is 1.07. The average molecular weight is 437 g/mol. The first-order valence-electron chi connectivity index (χ1n) is 5.62. The number of fused-ring (bicyclic) bond motifs is 1. The van der Waals surface area contributed by atoms with E-state index in [0.717, 1.165) is 18.8 Å². The summed E-state index contributed by atoms with van der Waals surface area (Å²) in [6, 6.07) is 6.94. The summed E-state index contributed by atoms with van der Waals surface area (Å²) >= 11 is 15.9. The van der Waals surface area contributed by atoms with E-state index < -0.39 is 0 Å². The van der Waals surface area contributed by atoms with Gasteiger partial charge in [0, 0.05) is 4.88 Å². The van der Waals surface area contributed by atoms with Gasteiger partial charge in [0.05, 0.1) is 25.8 Å². The van der Waals surface area contributed by atoms with Gasteiger partial charge < -0.3 is 0 Å². The van der Waals surface area contributed by atoms with Crippen molar-refractivity contribution >= 4 is 73.3 Å². The van der Waals surface area contributed by atoms with Gasteiger partial charge in [-0.3, -0.25) is 4.79 Å². The van der Waals surface area contributed by atoms with Crippen molar-refractivity contribution in [1.82, 2.24) is 9.78 Å². The van der Waals surface area contributed by atoms with Crippen LogP contribution in [0.2, 0.25) is 10.0 Å². The van der Waals surface area contributed by atoms with Gasteiger partial charge >= 0.3 is 0 Å². The van der Waals surface area contributed by atoms with Crippen molar-refractivity contribution in [2.75, 3.05) is 0 Å². The normalized spacial score (nSPS) is 11.2. The molecule has 0 fully saturated rings. The number of carbonyl (C=O) groups is 1. The molecule has 0 amide bonds. The lowest BCUT2D eigenvalue weighted by Gasteiger charge is -2.06. The predicted molar refractivity (Wildman–Crippen MR) is 91.3 cm³/mol. The van der Waals surface area contributed by atoms with E-state index in [0.29, 0.717) is 10.0 Å². The summed E-state index contributed by atoms with van der Waals surface area (Å²) in [7, 11) is 0. The van der Waals surface area contributed by atoms with Crippen LogP contribution in [-0.2, 0) is 0 Å². The number of benzene rings is 1. The number of aryl methyl sites for hydroxylation is 1. The maximum Gasteiger partial charge on any atom is 0.281 e. The SMILES string of the molecule is Cc1cc2c(s1)c(I)nn2C(=O)c1c(Cl)cccc1Cl. The Morgan fingerprint density at radius 1 is 1.35 bits per heavy atom. The Labute approximate surface area is 142 Å². The number of carbonyl (C=O) groups excluding carboxylic acids is 1. The third-order valence-electron chi connectivity index (χ3n) is 2.81. The van der Waals surface area contributed by atoms with E-state index in [-0.39, 0.29) is 11.5 Å². The van der Waals surface area contributed by atoms with E-state index in [1.54, 1.807) is 29.5 Å². The maximum atomic E-state index is 12.7. The molecule has 0 radical (unpaired) electrons. The molecular weight excluding hydrogens is 430 g/mol. The highest BCUT2D eigenvalue weighted by molar-refractivity contribution is 14.1. The molecule has 3 nitrogen and oxygen atoms in total. The van der Waals surface area contributed by atoms with Gasteiger partial charge in [-0.1, -0.05) is 29.3 Å². The van der Waals surface area contributed by atoms with Crippen LogP contribution >= 0.6 is 57.1 Å². The van der Waals surface area contributed by atoms with Crippen LogP contribution in [0.4, 0.5) is 0 Å². The van der Waals surface area contributed by atoms with Gasteiger partial charge in [0.1, 0.15) is 3.70 Å². The summed E-state index contributed by atoms with van der Waals surface area (Å²) in [6.07, 6.45) is 0. The first-order valence-corrected chi connectivity index (χ1v) is 8.27. The highest BCUT2D eigenvalue weighted by atomic mass is 127. The van der Waals surface area contributed by atoms with Crippen LogP contribution in [0.15, 0.2) is 24.3 Å². The average Bonchev–Trinajstić information content (AvgIpc) is 2.89. The second kappa shape index (κ2) is 5.29. The molecular formula is C13H7Cl2IN2OS. The van der Waals surface area contributed by atoms with Crippen LogP contribution in [0.25, 0.3) is 10.2 Å². The molecule has 0 bridgehead atoms. The van der Waals surface area contributed by atoms with Crippen LogP contribution in [0.5, 0.6) is 0 Å². The van der Waals surface area contributed by atoms with E-state index in [1.165, 1.54) is 4.68 Å². The standard InChI is InChI=1S/C13H7Cl2IN2OS/c1-6-5-9-11(20-6)12(16)17-18(9)13(19)10-7(14)3-2-4-8(10)15/h2-5H,1H3. The van der Waals surface area contributed by atoms with Crippen molar-refractivity contribution in [3.05, 3.63) is 48.5 Å². The number of aromatic nitrogens is 2. The molecule has 0 saturated heterocycles. The summed E-state index contributed by atoms with van der Waals surface area (Å²) < 4.78 is 3.17. The van der Waals surface area contributed by atoms with Crippen molar-refractivity contribution < 1.29 is 4.79 Å². The molecule has 1 aromatic carbocycles. The molecule has 3 aromatic rings. The van der Waals surface area contributed by atoms with Gasteiger partial charge in [-0.05, 0) is 47.7 Å². The molecule has 0 saturated carbocycles. The van der Waals surface area contributed by atoms with Gasteiger partial charge in [0.2, 0.25) is 0 Å². The third-order valence-corrected chi connectivity index (χ3v) is 5.61. The van der Waals surface area contributed by atoms with Crippen LogP contribution in [-0.4, -0.2) is 15.7 Å². The first-order chi connectivity index (χ1) is 9.49. The topological polar surface area (TPSA) is 34.9 Å². The van der Waals surface area contributed by atoms with Gasteiger partial charge in [-0.25, -0.2) is 0 Å². The second-order valence-corrected chi connectivity index (χ2v) is 7.27. The number of nitrogens with zero attached hydrogens (tertiary/aromatic N) is 2. The highest BCUT2D eigenvalue weighted by Gasteiger charge is 2.21. The van der Waals surface area contributed by atoms with Gasteiger partial charge in [0.15, 0.2) is 0 Å². The minimum Gasteiger partial charge on any atom is -0.267 e. The monoisotopic (exact) mass is 436 g/mol. The summed E-state index contributed by atoms with van der Waals surface area (Å²) in [5, 5.41) is 4.95. The number of thiophene rings is 1. The number of halogens is 3. The predicted octanol–water partition coefficient (Wildman–Crippen LogP) is 5.01. The smallest absolute Gasteiger partial charge is 0.267 e. The molecule has 0 aliphatic heterocycles. The fraction of sp³-hybridized carbons (Fsp3) is 0.0769. The van der Waals surface area contributed by atoms with Crippen LogP contribution in [0, 0.1) is 10.6 Å². The second-order valence-electron chi connectivity index (χ2n) is 4.18. The van der Waals surface area contributed by atoms with Crippen LogP contribution in [0.1, 0.15) is 15.2 Å². The van der Waals surface area contributed by atoms with Crippen molar-refractivity contribution in [2.45, 2.75) is 6.92 Å². The maximum absolute atomic E-state index is 12.7. The number of hydrogen-bond acceptors (Lipinski definition) is 3. The first kappa shape index (κ1) is 14.3. The molecule has 0 unspecified atom stereocenters. The summed E-state index contributed by atoms with van der Waals surface area (Å²) in [4.78, 5) is 13.8. The Hall–Kier alpha value is -0.630. The van der Waals surface area contributed by atoms with Gasteiger partial charge in [-0.2, -0.15) is 9.78 Å². The van der Waals surface area contributed by atoms with Crippen LogP contribution in [0.3, 0.4) is 0 Å². The van der Waals surface area contributed by atoms with E-state index in [4.69, 9.17) is 23.2 Å². The molecule has 0 N–H and O–H groups in total. The minimum atomic E-state index is -0.314. The summed E-state index contributed by atoms with van der Waals surface area (Å²) in [5.74, 6) is -0.314. The molecule has 2 aromatic heterocycles. The van der Waals surface area contributed by atoms with E-state index in [9.17, 15) is 4.79 Å². The quantitative estimate of drug-likeness (QED) is 0.503. The van der Waals surface area contributed by atoms with Crippen LogP contribution < -0.4 is 0 Å². The Balaban J connectivity index is 2.23. The van der Waals surface area contributed by atoms with Gasteiger partial charge in [0.25, 0.3) is 5.91 Å². The minimum absolute atomic E-state index is 0.278. The lowest BCUT2D eigenvalue weighted by molar-refractivity contribution is 0.0950. The lowest BCUT2D eigenvalue weighted by Crippen LogP contribution is -2.14.